The van der Waals surface area contributed by atoms with Gasteiger partial charge in [-0.1, -0.05) is 37.3 Å². The minimum atomic E-state index is -0.0508. The molecule has 0 atom stereocenters. The molecule has 0 aliphatic carbocycles. The van der Waals surface area contributed by atoms with Gasteiger partial charge in [-0.05, 0) is 37.0 Å². The maximum atomic E-state index is 11.9. The Balaban J connectivity index is 1.68. The number of benzene rings is 1. The van der Waals surface area contributed by atoms with Crippen LogP contribution >= 0.6 is 11.3 Å². The van der Waals surface area contributed by atoms with E-state index < -0.39 is 0 Å². The number of nitrogens with one attached hydrogen (secondary N) is 1. The van der Waals surface area contributed by atoms with Gasteiger partial charge in [0, 0.05) is 12.8 Å². The van der Waals surface area contributed by atoms with Crippen LogP contribution in [0, 0.1) is 12.8 Å². The zero-order valence-corrected chi connectivity index (χ0v) is 14.7. The molecule has 0 fully saturated rings. The van der Waals surface area contributed by atoms with Gasteiger partial charge in [0.1, 0.15) is 10.8 Å². The molecule has 0 aliphatic heterocycles. The third-order valence-electron chi connectivity index (χ3n) is 3.10. The van der Waals surface area contributed by atoms with E-state index in [9.17, 15) is 4.79 Å². The smallest absolute Gasteiger partial charge is 0.226 e. The van der Waals surface area contributed by atoms with Gasteiger partial charge in [0.25, 0.3) is 0 Å². The minimum absolute atomic E-state index is 0.0508. The zero-order valence-electron chi connectivity index (χ0n) is 13.8. The topological polar surface area (TPSA) is 64.1 Å². The number of carbonyl (C=O) groups excluding carboxylic acids is 1. The Kier molecular flexibility index (Phi) is 6.52. The van der Waals surface area contributed by atoms with Gasteiger partial charge >= 0.3 is 0 Å². The molecule has 1 heterocycles. The van der Waals surface area contributed by atoms with Crippen molar-refractivity contribution >= 4 is 22.4 Å². The molecule has 23 heavy (non-hydrogen) atoms. The molecule has 0 aliphatic rings. The molecule has 6 heteroatoms. The molecule has 1 N–H and O–H groups in total. The summed E-state index contributed by atoms with van der Waals surface area (Å²) in [6.45, 7) is 6.81. The molecule has 124 valence electrons. The first-order valence-electron chi connectivity index (χ1n) is 7.84. The zero-order chi connectivity index (χ0) is 16.7. The molecule has 0 bridgehead atoms. The highest BCUT2D eigenvalue weighted by atomic mass is 32.1. The lowest BCUT2D eigenvalue weighted by atomic mass is 10.1. The maximum absolute atomic E-state index is 11.9. The summed E-state index contributed by atoms with van der Waals surface area (Å²) in [6.07, 6.45) is 1.96. The van der Waals surface area contributed by atoms with Crippen LogP contribution in [0.4, 0.5) is 5.13 Å². The molecule has 0 saturated heterocycles. The fraction of sp³-hybridized carbons (Fsp3) is 0.471. The summed E-state index contributed by atoms with van der Waals surface area (Å²) in [6, 6.07) is 7.89. The minimum Gasteiger partial charge on any atom is -0.494 e. The summed E-state index contributed by atoms with van der Waals surface area (Å²) < 4.78 is 5.63. The Hall–Kier alpha value is -1.95. The number of ether oxygens (including phenoxy) is 1. The van der Waals surface area contributed by atoms with Crippen LogP contribution in [-0.4, -0.2) is 22.7 Å². The van der Waals surface area contributed by atoms with E-state index in [0.717, 1.165) is 22.7 Å². The van der Waals surface area contributed by atoms with Crippen molar-refractivity contribution in [1.82, 2.24) is 10.2 Å². The van der Waals surface area contributed by atoms with Crippen molar-refractivity contribution in [3.05, 3.63) is 34.8 Å². The predicted octanol–water partition coefficient (Wildman–Crippen LogP) is 3.84. The second kappa shape index (κ2) is 8.62. The highest BCUT2D eigenvalue weighted by molar-refractivity contribution is 7.15. The van der Waals surface area contributed by atoms with Crippen LogP contribution in [-0.2, 0) is 11.2 Å². The molecule has 0 radical (unpaired) electrons. The van der Waals surface area contributed by atoms with Crippen LogP contribution in [0.1, 0.15) is 37.3 Å². The number of rotatable bonds is 8. The Labute approximate surface area is 141 Å². The average Bonchev–Trinajstić information content (AvgIpc) is 2.90. The summed E-state index contributed by atoms with van der Waals surface area (Å²) >= 11 is 1.44. The van der Waals surface area contributed by atoms with Crippen LogP contribution in [0.15, 0.2) is 24.3 Å². The molecule has 0 spiro atoms. The van der Waals surface area contributed by atoms with Gasteiger partial charge in [0.15, 0.2) is 0 Å². The van der Waals surface area contributed by atoms with E-state index in [-0.39, 0.29) is 5.91 Å². The summed E-state index contributed by atoms with van der Waals surface area (Å²) in [5.74, 6) is 1.32. The summed E-state index contributed by atoms with van der Waals surface area (Å²) in [4.78, 5) is 11.9. The average molecular weight is 333 g/mol. The normalized spacial score (nSPS) is 10.8. The molecule has 2 rings (SSSR count). The summed E-state index contributed by atoms with van der Waals surface area (Å²) in [7, 11) is 0. The molecule has 1 aromatic heterocycles. The molecule has 2 aromatic rings. The Morgan fingerprint density at radius 2 is 2.17 bits per heavy atom. The molecule has 1 amide bonds. The van der Waals surface area contributed by atoms with E-state index in [4.69, 9.17) is 4.74 Å². The fourth-order valence-electron chi connectivity index (χ4n) is 2.05. The maximum Gasteiger partial charge on any atom is 0.226 e. The standard InChI is InChI=1S/C17H23N3O2S/c1-12(2)10-16-19-20-17(23-16)18-15(21)8-5-9-22-14-7-4-6-13(3)11-14/h4,6-7,11-12H,5,8-10H2,1-3H3,(H,18,20,21). The van der Waals surface area contributed by atoms with E-state index in [1.165, 1.54) is 11.3 Å². The highest BCUT2D eigenvalue weighted by Crippen LogP contribution is 2.18. The Morgan fingerprint density at radius 3 is 2.91 bits per heavy atom. The number of aryl methyl sites for hydroxylation is 1. The largest absolute Gasteiger partial charge is 0.494 e. The van der Waals surface area contributed by atoms with Crippen molar-refractivity contribution in [2.24, 2.45) is 5.92 Å². The van der Waals surface area contributed by atoms with Crippen LogP contribution < -0.4 is 10.1 Å². The number of carbonyl (C=O) groups is 1. The van der Waals surface area contributed by atoms with Crippen molar-refractivity contribution in [3.63, 3.8) is 0 Å². The van der Waals surface area contributed by atoms with Gasteiger partial charge in [0.2, 0.25) is 11.0 Å². The van der Waals surface area contributed by atoms with Crippen LogP contribution in [0.2, 0.25) is 0 Å². The lowest BCUT2D eigenvalue weighted by Gasteiger charge is -2.06. The lowest BCUT2D eigenvalue weighted by molar-refractivity contribution is -0.116. The fourth-order valence-corrected chi connectivity index (χ4v) is 3.01. The third kappa shape index (κ3) is 6.36. The Morgan fingerprint density at radius 1 is 1.35 bits per heavy atom. The molecule has 0 unspecified atom stereocenters. The number of amides is 1. The molecule has 0 saturated carbocycles. The Bertz CT molecular complexity index is 640. The first-order chi connectivity index (χ1) is 11.0. The van der Waals surface area contributed by atoms with Gasteiger partial charge in [-0.25, -0.2) is 0 Å². The molecule has 5 nitrogen and oxygen atoms in total. The summed E-state index contributed by atoms with van der Waals surface area (Å²) in [5.41, 5.74) is 1.16. The van der Waals surface area contributed by atoms with Gasteiger partial charge in [0.05, 0.1) is 6.61 Å². The van der Waals surface area contributed by atoms with Gasteiger partial charge in [-0.3, -0.25) is 4.79 Å². The molecular weight excluding hydrogens is 310 g/mol. The van der Waals surface area contributed by atoms with Gasteiger partial charge in [-0.15, -0.1) is 10.2 Å². The SMILES string of the molecule is Cc1cccc(OCCCC(=O)Nc2nnc(CC(C)C)s2)c1. The van der Waals surface area contributed by atoms with E-state index in [1.54, 1.807) is 0 Å². The van der Waals surface area contributed by atoms with Crippen molar-refractivity contribution in [2.45, 2.75) is 40.0 Å². The van der Waals surface area contributed by atoms with Crippen molar-refractivity contribution in [1.29, 1.82) is 0 Å². The van der Waals surface area contributed by atoms with Crippen LogP contribution in [0.3, 0.4) is 0 Å². The molecule has 1 aromatic carbocycles. The van der Waals surface area contributed by atoms with Crippen molar-refractivity contribution < 1.29 is 9.53 Å². The van der Waals surface area contributed by atoms with E-state index in [0.29, 0.717) is 30.5 Å². The van der Waals surface area contributed by atoms with Crippen molar-refractivity contribution in [3.8, 4) is 5.75 Å². The third-order valence-corrected chi connectivity index (χ3v) is 3.96. The first-order valence-corrected chi connectivity index (χ1v) is 8.66. The predicted molar refractivity (Wildman–Crippen MR) is 93.0 cm³/mol. The van der Waals surface area contributed by atoms with Crippen LogP contribution in [0.25, 0.3) is 0 Å². The monoisotopic (exact) mass is 333 g/mol. The first kappa shape index (κ1) is 17.4. The number of hydrogen-bond acceptors (Lipinski definition) is 5. The molecular formula is C17H23N3O2S. The number of anilines is 1. The van der Waals surface area contributed by atoms with E-state index >= 15 is 0 Å². The van der Waals surface area contributed by atoms with Crippen molar-refractivity contribution in [2.75, 3.05) is 11.9 Å². The number of aromatic nitrogens is 2. The highest BCUT2D eigenvalue weighted by Gasteiger charge is 2.09. The lowest BCUT2D eigenvalue weighted by Crippen LogP contribution is -2.12. The number of nitrogens with zero attached hydrogens (tertiary/aromatic N) is 2. The van der Waals surface area contributed by atoms with Gasteiger partial charge in [-0.2, -0.15) is 0 Å². The number of hydrogen-bond donors (Lipinski definition) is 1. The van der Waals surface area contributed by atoms with Crippen LogP contribution in [0.5, 0.6) is 5.75 Å². The second-order valence-corrected chi connectivity index (χ2v) is 6.98. The second-order valence-electron chi connectivity index (χ2n) is 5.92. The summed E-state index contributed by atoms with van der Waals surface area (Å²) in [5, 5.41) is 12.4. The van der Waals surface area contributed by atoms with E-state index in [2.05, 4.69) is 29.4 Å². The van der Waals surface area contributed by atoms with E-state index in [1.807, 2.05) is 31.2 Å². The quantitative estimate of drug-likeness (QED) is 0.745. The van der Waals surface area contributed by atoms with Gasteiger partial charge < -0.3 is 10.1 Å².